The maximum Gasteiger partial charge on any atom is 0.213 e. The standard InChI is InChI=1S/C18H22N4O2S/c19-12-18(8-11-20-13-18)14-25(23,24)22-9-3-4-15-7-10-21-17-6-2-1-5-16(15)17/h1-2,5-7,10,20,22H,3-4,8-9,11,13-14H2. The molecule has 2 N–H and O–H groups in total. The van der Waals surface area contributed by atoms with Gasteiger partial charge in [-0.3, -0.25) is 4.98 Å². The molecular weight excluding hydrogens is 336 g/mol. The second-order valence-electron chi connectivity index (χ2n) is 6.56. The summed E-state index contributed by atoms with van der Waals surface area (Å²) in [5, 5.41) is 13.5. The zero-order valence-corrected chi connectivity index (χ0v) is 14.8. The summed E-state index contributed by atoms with van der Waals surface area (Å²) in [7, 11) is -3.46. The maximum atomic E-state index is 12.3. The number of pyridine rings is 1. The Hall–Kier alpha value is -2.01. The highest BCUT2D eigenvalue weighted by atomic mass is 32.2. The van der Waals surface area contributed by atoms with Crippen LogP contribution < -0.4 is 10.0 Å². The first kappa shape index (κ1) is 17.8. The monoisotopic (exact) mass is 358 g/mol. The van der Waals surface area contributed by atoms with Gasteiger partial charge in [0.1, 0.15) is 0 Å². The first-order chi connectivity index (χ1) is 12.0. The molecule has 0 spiro atoms. The Morgan fingerprint density at radius 1 is 1.32 bits per heavy atom. The van der Waals surface area contributed by atoms with Crippen molar-refractivity contribution in [3.63, 3.8) is 0 Å². The van der Waals surface area contributed by atoms with Crippen LogP contribution in [-0.4, -0.2) is 38.8 Å². The lowest BCUT2D eigenvalue weighted by Crippen LogP contribution is -2.37. The lowest BCUT2D eigenvalue weighted by atomic mass is 9.92. The van der Waals surface area contributed by atoms with Crippen molar-refractivity contribution in [2.24, 2.45) is 5.41 Å². The molecule has 7 heteroatoms. The molecule has 1 saturated heterocycles. The van der Waals surface area contributed by atoms with Crippen LogP contribution in [-0.2, 0) is 16.4 Å². The van der Waals surface area contributed by atoms with Crippen LogP contribution in [0.15, 0.2) is 36.5 Å². The summed E-state index contributed by atoms with van der Waals surface area (Å²) >= 11 is 0. The second-order valence-corrected chi connectivity index (χ2v) is 8.37. The van der Waals surface area contributed by atoms with Crippen LogP contribution in [0, 0.1) is 16.7 Å². The molecule has 0 amide bonds. The number of hydrogen-bond acceptors (Lipinski definition) is 5. The van der Waals surface area contributed by atoms with E-state index in [2.05, 4.69) is 21.1 Å². The quantitative estimate of drug-likeness (QED) is 0.733. The largest absolute Gasteiger partial charge is 0.315 e. The van der Waals surface area contributed by atoms with E-state index in [4.69, 9.17) is 0 Å². The van der Waals surface area contributed by atoms with Crippen LogP contribution in [0.1, 0.15) is 18.4 Å². The fourth-order valence-corrected chi connectivity index (χ4v) is 4.88. The Morgan fingerprint density at radius 2 is 2.16 bits per heavy atom. The van der Waals surface area contributed by atoms with Crippen LogP contribution in [0.3, 0.4) is 0 Å². The fraction of sp³-hybridized carbons (Fsp3) is 0.444. The second kappa shape index (κ2) is 7.48. The van der Waals surface area contributed by atoms with E-state index in [9.17, 15) is 13.7 Å². The molecule has 1 unspecified atom stereocenters. The molecule has 3 rings (SSSR count). The molecule has 25 heavy (non-hydrogen) atoms. The van der Waals surface area contributed by atoms with Crippen molar-refractivity contribution >= 4 is 20.9 Å². The van der Waals surface area contributed by atoms with Gasteiger partial charge < -0.3 is 5.32 Å². The van der Waals surface area contributed by atoms with Gasteiger partial charge in [0.2, 0.25) is 10.0 Å². The van der Waals surface area contributed by atoms with Crippen molar-refractivity contribution in [3.05, 3.63) is 42.1 Å². The Kier molecular flexibility index (Phi) is 5.33. The van der Waals surface area contributed by atoms with Gasteiger partial charge >= 0.3 is 0 Å². The fourth-order valence-electron chi connectivity index (χ4n) is 3.29. The van der Waals surface area contributed by atoms with E-state index in [1.807, 2.05) is 30.3 Å². The number of para-hydroxylation sites is 1. The Bertz CT molecular complexity index is 878. The molecule has 0 saturated carbocycles. The van der Waals surface area contributed by atoms with Gasteiger partial charge in [0.25, 0.3) is 0 Å². The Labute approximate surface area is 148 Å². The van der Waals surface area contributed by atoms with Gasteiger partial charge in [-0.25, -0.2) is 13.1 Å². The van der Waals surface area contributed by atoms with Gasteiger partial charge in [0, 0.05) is 24.7 Å². The molecule has 1 aromatic heterocycles. The number of aryl methyl sites for hydroxylation is 1. The summed E-state index contributed by atoms with van der Waals surface area (Å²) in [5.41, 5.74) is 1.32. The van der Waals surface area contributed by atoms with Gasteiger partial charge in [0.05, 0.1) is 22.8 Å². The summed E-state index contributed by atoms with van der Waals surface area (Å²) in [5.74, 6) is -0.137. The first-order valence-corrected chi connectivity index (χ1v) is 10.1. The van der Waals surface area contributed by atoms with Gasteiger partial charge in [-0.1, -0.05) is 18.2 Å². The average molecular weight is 358 g/mol. The zero-order valence-electron chi connectivity index (χ0n) is 14.0. The van der Waals surface area contributed by atoms with Crippen LogP contribution in [0.25, 0.3) is 10.9 Å². The summed E-state index contributed by atoms with van der Waals surface area (Å²) in [6.45, 7) is 1.50. The number of nitrogens with zero attached hydrogens (tertiary/aromatic N) is 2. The highest BCUT2D eigenvalue weighted by molar-refractivity contribution is 7.89. The van der Waals surface area contributed by atoms with Gasteiger partial charge in [0.15, 0.2) is 0 Å². The third kappa shape index (κ3) is 4.34. The molecule has 2 aromatic rings. The summed E-state index contributed by atoms with van der Waals surface area (Å²) in [6.07, 6.45) is 3.83. The van der Waals surface area contributed by atoms with E-state index in [1.165, 1.54) is 5.56 Å². The third-order valence-electron chi connectivity index (χ3n) is 4.63. The lowest BCUT2D eigenvalue weighted by Gasteiger charge is -2.19. The average Bonchev–Trinajstić information content (AvgIpc) is 3.07. The minimum Gasteiger partial charge on any atom is -0.315 e. The molecule has 1 aliphatic heterocycles. The van der Waals surface area contributed by atoms with Crippen molar-refractivity contribution in [3.8, 4) is 6.07 Å². The molecule has 1 fully saturated rings. The molecule has 0 aliphatic carbocycles. The SMILES string of the molecule is N#CC1(CS(=O)(=O)NCCCc2ccnc3ccccc23)CCNC1. The van der Waals surface area contributed by atoms with Crippen LogP contribution >= 0.6 is 0 Å². The normalized spacial score (nSPS) is 20.6. The van der Waals surface area contributed by atoms with Gasteiger partial charge in [-0.05, 0) is 43.5 Å². The third-order valence-corrected chi connectivity index (χ3v) is 6.21. The van der Waals surface area contributed by atoms with Gasteiger partial charge in [-0.15, -0.1) is 0 Å². The first-order valence-electron chi connectivity index (χ1n) is 8.46. The number of hydrogen-bond donors (Lipinski definition) is 2. The summed E-state index contributed by atoms with van der Waals surface area (Å²) in [4.78, 5) is 4.34. The van der Waals surface area contributed by atoms with E-state index >= 15 is 0 Å². The Morgan fingerprint density at radius 3 is 2.92 bits per heavy atom. The molecular formula is C18H22N4O2S. The highest BCUT2D eigenvalue weighted by Crippen LogP contribution is 2.26. The lowest BCUT2D eigenvalue weighted by molar-refractivity contribution is 0.479. The topological polar surface area (TPSA) is 94.9 Å². The number of nitrogens with one attached hydrogen (secondary N) is 2. The zero-order chi connectivity index (χ0) is 17.8. The number of sulfonamides is 1. The van der Waals surface area contributed by atoms with Crippen LogP contribution in [0.5, 0.6) is 0 Å². The number of fused-ring (bicyclic) bond motifs is 1. The van der Waals surface area contributed by atoms with E-state index < -0.39 is 15.4 Å². The van der Waals surface area contributed by atoms with Crippen LogP contribution in [0.4, 0.5) is 0 Å². The smallest absolute Gasteiger partial charge is 0.213 e. The van der Waals surface area contributed by atoms with Crippen LogP contribution in [0.2, 0.25) is 0 Å². The summed E-state index contributed by atoms with van der Waals surface area (Å²) < 4.78 is 27.2. The summed E-state index contributed by atoms with van der Waals surface area (Å²) in [6, 6.07) is 12.1. The highest BCUT2D eigenvalue weighted by Gasteiger charge is 2.38. The number of benzene rings is 1. The predicted octanol–water partition coefficient (Wildman–Crippen LogP) is 1.59. The van der Waals surface area contributed by atoms with E-state index in [0.29, 0.717) is 32.5 Å². The molecule has 6 nitrogen and oxygen atoms in total. The van der Waals surface area contributed by atoms with Crippen molar-refractivity contribution in [2.45, 2.75) is 19.3 Å². The number of rotatable bonds is 7. The number of aromatic nitrogens is 1. The van der Waals surface area contributed by atoms with Crippen molar-refractivity contribution in [1.82, 2.24) is 15.0 Å². The molecule has 1 aromatic carbocycles. The molecule has 132 valence electrons. The minimum atomic E-state index is -3.46. The van der Waals surface area contributed by atoms with Crippen molar-refractivity contribution in [1.29, 1.82) is 5.26 Å². The van der Waals surface area contributed by atoms with Crippen molar-refractivity contribution in [2.75, 3.05) is 25.4 Å². The van der Waals surface area contributed by atoms with Crippen molar-refractivity contribution < 1.29 is 8.42 Å². The van der Waals surface area contributed by atoms with E-state index in [0.717, 1.165) is 17.3 Å². The molecule has 1 aliphatic rings. The maximum absolute atomic E-state index is 12.3. The van der Waals surface area contributed by atoms with Gasteiger partial charge in [-0.2, -0.15) is 5.26 Å². The van der Waals surface area contributed by atoms with E-state index in [1.54, 1.807) is 6.20 Å². The predicted molar refractivity (Wildman–Crippen MR) is 97.4 cm³/mol. The number of nitriles is 1. The molecule has 0 bridgehead atoms. The molecule has 1 atom stereocenters. The van der Waals surface area contributed by atoms with E-state index in [-0.39, 0.29) is 5.75 Å². The minimum absolute atomic E-state index is 0.137. The molecule has 2 heterocycles. The Balaban J connectivity index is 1.55. The molecule has 0 radical (unpaired) electrons.